The topological polar surface area (TPSA) is 115 Å². The van der Waals surface area contributed by atoms with Crippen molar-refractivity contribution in [3.63, 3.8) is 0 Å². The van der Waals surface area contributed by atoms with E-state index in [0.717, 1.165) is 39.4 Å². The van der Waals surface area contributed by atoms with Gasteiger partial charge in [-0.3, -0.25) is 19.2 Å². The molecule has 4 N–H and O–H groups in total. The van der Waals surface area contributed by atoms with Crippen molar-refractivity contribution in [3.05, 3.63) is 12.3 Å². The highest BCUT2D eigenvalue weighted by molar-refractivity contribution is 5.94. The number of rotatable bonds is 8. The van der Waals surface area contributed by atoms with Crippen LogP contribution in [0.15, 0.2) is 12.3 Å². The molecule has 1 aliphatic heterocycles. The van der Waals surface area contributed by atoms with Crippen LogP contribution >= 0.6 is 0 Å². The maximum Gasteiger partial charge on any atom is 0.244 e. The number of morpholine rings is 1. The second-order valence-electron chi connectivity index (χ2n) is 6.45. The molecule has 0 radical (unpaired) electrons. The van der Waals surface area contributed by atoms with Gasteiger partial charge in [0.15, 0.2) is 5.82 Å². The number of nitrogens with zero attached hydrogens (tertiary/aromatic N) is 3. The number of anilines is 1. The second-order valence-corrected chi connectivity index (χ2v) is 6.45. The Morgan fingerprint density at radius 3 is 2.72 bits per heavy atom. The van der Waals surface area contributed by atoms with E-state index in [1.807, 2.05) is 20.0 Å². The first-order chi connectivity index (χ1) is 12.0. The standard InChI is InChI=1S/C16H28N6O3/c1-12(2)15(17)16(24)18-11-14(23)19-13-3-4-22(20-13)6-5-21-7-9-25-10-8-21/h3-4,12,15H,5-11,17H2,1-2H3,(H,18,24)(H,19,20,23)/t15-/m0/s1. The number of amides is 2. The minimum Gasteiger partial charge on any atom is -0.379 e. The molecule has 0 spiro atoms. The Hall–Kier alpha value is -1.97. The number of nitrogens with one attached hydrogen (secondary N) is 2. The average molecular weight is 352 g/mol. The van der Waals surface area contributed by atoms with Crippen LogP contribution < -0.4 is 16.4 Å². The van der Waals surface area contributed by atoms with Crippen molar-refractivity contribution in [1.82, 2.24) is 20.0 Å². The Morgan fingerprint density at radius 2 is 2.04 bits per heavy atom. The van der Waals surface area contributed by atoms with Gasteiger partial charge in [-0.15, -0.1) is 0 Å². The lowest BCUT2D eigenvalue weighted by Gasteiger charge is -2.26. The summed E-state index contributed by atoms with van der Waals surface area (Å²) in [4.78, 5) is 25.9. The van der Waals surface area contributed by atoms with E-state index >= 15 is 0 Å². The third kappa shape index (κ3) is 6.45. The smallest absolute Gasteiger partial charge is 0.244 e. The highest BCUT2D eigenvalue weighted by atomic mass is 16.5. The average Bonchev–Trinajstić information content (AvgIpc) is 3.05. The Bertz CT molecular complexity index is 568. The van der Waals surface area contributed by atoms with Crippen molar-refractivity contribution in [1.29, 1.82) is 0 Å². The van der Waals surface area contributed by atoms with Gasteiger partial charge in [0.1, 0.15) is 0 Å². The highest BCUT2D eigenvalue weighted by Gasteiger charge is 2.17. The van der Waals surface area contributed by atoms with Crippen LogP contribution in [-0.2, 0) is 20.9 Å². The van der Waals surface area contributed by atoms with Gasteiger partial charge < -0.3 is 21.1 Å². The van der Waals surface area contributed by atoms with E-state index in [9.17, 15) is 9.59 Å². The summed E-state index contributed by atoms with van der Waals surface area (Å²) in [6, 6.07) is 1.12. The first kappa shape index (κ1) is 19.4. The van der Waals surface area contributed by atoms with E-state index in [0.29, 0.717) is 5.82 Å². The van der Waals surface area contributed by atoms with Crippen LogP contribution in [0.25, 0.3) is 0 Å². The maximum absolute atomic E-state index is 11.9. The van der Waals surface area contributed by atoms with Crippen LogP contribution in [-0.4, -0.2) is 71.9 Å². The van der Waals surface area contributed by atoms with Gasteiger partial charge in [0.05, 0.1) is 32.3 Å². The fourth-order valence-corrected chi connectivity index (χ4v) is 2.40. The van der Waals surface area contributed by atoms with E-state index < -0.39 is 6.04 Å². The highest BCUT2D eigenvalue weighted by Crippen LogP contribution is 2.04. The Morgan fingerprint density at radius 1 is 1.32 bits per heavy atom. The van der Waals surface area contributed by atoms with E-state index in [2.05, 4.69) is 20.6 Å². The minimum absolute atomic E-state index is 0.0187. The molecule has 9 heteroatoms. The van der Waals surface area contributed by atoms with Crippen LogP contribution in [0.3, 0.4) is 0 Å². The zero-order valence-corrected chi connectivity index (χ0v) is 14.9. The van der Waals surface area contributed by atoms with Crippen molar-refractivity contribution < 1.29 is 14.3 Å². The van der Waals surface area contributed by atoms with E-state index in [-0.39, 0.29) is 24.3 Å². The zero-order chi connectivity index (χ0) is 18.2. The molecule has 9 nitrogen and oxygen atoms in total. The summed E-state index contributed by atoms with van der Waals surface area (Å²) in [5.74, 6) is -0.177. The van der Waals surface area contributed by atoms with Gasteiger partial charge in [-0.1, -0.05) is 13.8 Å². The summed E-state index contributed by atoms with van der Waals surface area (Å²) in [6.07, 6.45) is 1.82. The van der Waals surface area contributed by atoms with Crippen molar-refractivity contribution in [2.45, 2.75) is 26.4 Å². The first-order valence-corrected chi connectivity index (χ1v) is 8.62. The number of ether oxygens (including phenoxy) is 1. The van der Waals surface area contributed by atoms with E-state index in [1.54, 1.807) is 10.7 Å². The molecule has 0 bridgehead atoms. The number of carbonyl (C=O) groups is 2. The van der Waals surface area contributed by atoms with Crippen molar-refractivity contribution in [2.75, 3.05) is 44.7 Å². The summed E-state index contributed by atoms with van der Waals surface area (Å²) in [6.45, 7) is 8.63. The molecular weight excluding hydrogens is 324 g/mol. The molecule has 1 atom stereocenters. The lowest BCUT2D eigenvalue weighted by Crippen LogP contribution is -2.46. The molecule has 1 aromatic rings. The summed E-state index contributed by atoms with van der Waals surface area (Å²) >= 11 is 0. The van der Waals surface area contributed by atoms with Crippen LogP contribution in [0.4, 0.5) is 5.82 Å². The molecule has 2 rings (SSSR count). The zero-order valence-electron chi connectivity index (χ0n) is 14.9. The second kappa shape index (κ2) is 9.50. The molecule has 25 heavy (non-hydrogen) atoms. The molecule has 1 aromatic heterocycles. The first-order valence-electron chi connectivity index (χ1n) is 8.62. The van der Waals surface area contributed by atoms with Crippen LogP contribution in [0.2, 0.25) is 0 Å². The van der Waals surface area contributed by atoms with Crippen LogP contribution in [0, 0.1) is 5.92 Å². The SMILES string of the molecule is CC(C)[C@H](N)C(=O)NCC(=O)Nc1ccn(CCN2CCOCC2)n1. The van der Waals surface area contributed by atoms with Gasteiger partial charge >= 0.3 is 0 Å². The third-order valence-corrected chi connectivity index (χ3v) is 4.10. The number of nitrogens with two attached hydrogens (primary N) is 1. The Kier molecular flexibility index (Phi) is 7.35. The minimum atomic E-state index is -0.618. The van der Waals surface area contributed by atoms with Crippen molar-refractivity contribution in [2.24, 2.45) is 11.7 Å². The molecular formula is C16H28N6O3. The predicted octanol–water partition coefficient (Wildman–Crippen LogP) is -0.747. The molecule has 0 unspecified atom stereocenters. The fraction of sp³-hybridized carbons (Fsp3) is 0.688. The lowest BCUT2D eigenvalue weighted by atomic mass is 10.1. The van der Waals surface area contributed by atoms with Gasteiger partial charge in [-0.05, 0) is 5.92 Å². The largest absolute Gasteiger partial charge is 0.379 e. The summed E-state index contributed by atoms with van der Waals surface area (Å²) in [5.41, 5.74) is 5.73. The molecule has 0 aliphatic carbocycles. The summed E-state index contributed by atoms with van der Waals surface area (Å²) < 4.78 is 7.11. The van der Waals surface area contributed by atoms with Gasteiger partial charge in [0.2, 0.25) is 11.8 Å². The van der Waals surface area contributed by atoms with Crippen LogP contribution in [0.5, 0.6) is 0 Å². The summed E-state index contributed by atoms with van der Waals surface area (Å²) in [5, 5.41) is 9.51. The van der Waals surface area contributed by atoms with Gasteiger partial charge in [0, 0.05) is 31.9 Å². The number of hydrogen-bond acceptors (Lipinski definition) is 6. The Labute approximate surface area is 147 Å². The van der Waals surface area contributed by atoms with Crippen molar-refractivity contribution >= 4 is 17.6 Å². The molecule has 0 aromatic carbocycles. The van der Waals surface area contributed by atoms with Gasteiger partial charge in [0.25, 0.3) is 0 Å². The summed E-state index contributed by atoms with van der Waals surface area (Å²) in [7, 11) is 0. The fourth-order valence-electron chi connectivity index (χ4n) is 2.40. The molecule has 2 heterocycles. The van der Waals surface area contributed by atoms with Gasteiger partial charge in [-0.2, -0.15) is 5.10 Å². The normalized spacial score (nSPS) is 16.6. The van der Waals surface area contributed by atoms with E-state index in [4.69, 9.17) is 10.5 Å². The van der Waals surface area contributed by atoms with Crippen molar-refractivity contribution in [3.8, 4) is 0 Å². The third-order valence-electron chi connectivity index (χ3n) is 4.10. The predicted molar refractivity (Wildman–Crippen MR) is 93.9 cm³/mol. The molecule has 2 amide bonds. The number of hydrogen-bond donors (Lipinski definition) is 3. The number of carbonyl (C=O) groups excluding carboxylic acids is 2. The lowest BCUT2D eigenvalue weighted by molar-refractivity contribution is -0.125. The maximum atomic E-state index is 11.9. The molecule has 1 saturated heterocycles. The molecule has 1 aliphatic rings. The monoisotopic (exact) mass is 352 g/mol. The molecule has 140 valence electrons. The van der Waals surface area contributed by atoms with Gasteiger partial charge in [-0.25, -0.2) is 0 Å². The Balaban J connectivity index is 1.70. The molecule has 1 fully saturated rings. The quantitative estimate of drug-likeness (QED) is 0.567. The van der Waals surface area contributed by atoms with E-state index in [1.165, 1.54) is 0 Å². The number of aromatic nitrogens is 2. The molecule has 0 saturated carbocycles. The van der Waals surface area contributed by atoms with Crippen LogP contribution in [0.1, 0.15) is 13.8 Å².